The average Bonchev–Trinajstić information content (AvgIpc) is 2.89. The zero-order valence-corrected chi connectivity index (χ0v) is 17.2. The van der Waals surface area contributed by atoms with Crippen molar-refractivity contribution < 1.29 is 14.4 Å². The van der Waals surface area contributed by atoms with Gasteiger partial charge in [0.25, 0.3) is 0 Å². The molecule has 5 nitrogen and oxygen atoms in total. The van der Waals surface area contributed by atoms with Crippen molar-refractivity contribution >= 4 is 17.7 Å². The van der Waals surface area contributed by atoms with Gasteiger partial charge in [-0.2, -0.15) is 0 Å². The Kier molecular flexibility index (Phi) is 4.55. The minimum Gasteiger partial charge on any atom is -0.345 e. The van der Waals surface area contributed by atoms with E-state index in [0.717, 1.165) is 50.0 Å². The Labute approximate surface area is 168 Å². The van der Waals surface area contributed by atoms with Crippen LogP contribution in [-0.2, 0) is 14.4 Å². The van der Waals surface area contributed by atoms with E-state index < -0.39 is 0 Å². The molecule has 0 aromatic heterocycles. The molecule has 0 radical (unpaired) electrons. The minimum absolute atomic E-state index is 0.0220. The van der Waals surface area contributed by atoms with Crippen LogP contribution in [0.25, 0.3) is 0 Å². The summed E-state index contributed by atoms with van der Waals surface area (Å²) in [5.41, 5.74) is 0.341. The first-order valence-corrected chi connectivity index (χ1v) is 11.5. The van der Waals surface area contributed by atoms with Gasteiger partial charge in [0, 0.05) is 26.6 Å². The van der Waals surface area contributed by atoms with Crippen LogP contribution < -0.4 is 0 Å². The summed E-state index contributed by atoms with van der Waals surface area (Å²) in [6.45, 7) is 1.14. The highest BCUT2D eigenvalue weighted by Crippen LogP contribution is 2.60. The van der Waals surface area contributed by atoms with Gasteiger partial charge in [-0.05, 0) is 74.5 Å². The third-order valence-electron chi connectivity index (χ3n) is 8.65. The third kappa shape index (κ3) is 3.09. The molecule has 0 unspecified atom stereocenters. The fourth-order valence-corrected chi connectivity index (χ4v) is 7.92. The van der Waals surface area contributed by atoms with Crippen LogP contribution in [0.2, 0.25) is 0 Å². The second-order valence-corrected chi connectivity index (χ2v) is 10.7. The molecule has 2 atom stereocenters. The average molecular weight is 387 g/mol. The Morgan fingerprint density at radius 3 is 1.96 bits per heavy atom. The lowest BCUT2D eigenvalue weighted by Gasteiger charge is -2.57. The fourth-order valence-electron chi connectivity index (χ4n) is 7.92. The highest BCUT2D eigenvalue weighted by Gasteiger charge is 2.51. The van der Waals surface area contributed by atoms with Gasteiger partial charge >= 0.3 is 0 Å². The van der Waals surface area contributed by atoms with Crippen LogP contribution in [0.4, 0.5) is 0 Å². The predicted octanol–water partition coefficient (Wildman–Crippen LogP) is 3.23. The Hall–Kier alpha value is -1.39. The minimum atomic E-state index is -0.110. The van der Waals surface area contributed by atoms with Crippen molar-refractivity contribution in [3.63, 3.8) is 0 Å². The van der Waals surface area contributed by atoms with Crippen LogP contribution in [0, 0.1) is 35.0 Å². The van der Waals surface area contributed by atoms with Gasteiger partial charge in [-0.25, -0.2) is 0 Å². The van der Waals surface area contributed by atoms with Gasteiger partial charge in [0.05, 0.1) is 11.8 Å². The van der Waals surface area contributed by atoms with Crippen LogP contribution in [0.1, 0.15) is 70.6 Å². The highest BCUT2D eigenvalue weighted by molar-refractivity contribution is 6.05. The predicted molar refractivity (Wildman–Crippen MR) is 105 cm³/mol. The van der Waals surface area contributed by atoms with Crippen LogP contribution in [-0.4, -0.2) is 47.7 Å². The van der Waals surface area contributed by atoms with Gasteiger partial charge in [-0.3, -0.25) is 19.3 Å². The number of hydrogen-bond acceptors (Lipinski definition) is 3. The molecule has 0 N–H and O–H groups in total. The van der Waals surface area contributed by atoms with E-state index >= 15 is 0 Å². The maximum atomic E-state index is 12.8. The highest BCUT2D eigenvalue weighted by atomic mass is 16.2. The van der Waals surface area contributed by atoms with E-state index in [1.54, 1.807) is 0 Å². The van der Waals surface area contributed by atoms with Crippen LogP contribution in [0.15, 0.2) is 0 Å². The maximum Gasteiger partial charge on any atom is 0.233 e. The number of imide groups is 1. The van der Waals surface area contributed by atoms with Crippen molar-refractivity contribution in [2.75, 3.05) is 20.1 Å². The molecular weight excluding hydrogens is 352 g/mol. The van der Waals surface area contributed by atoms with Crippen molar-refractivity contribution in [1.29, 1.82) is 0 Å². The lowest BCUT2D eigenvalue weighted by Crippen LogP contribution is -2.51. The molecule has 6 rings (SSSR count). The summed E-state index contributed by atoms with van der Waals surface area (Å²) >= 11 is 0. The first kappa shape index (κ1) is 18.6. The summed E-state index contributed by atoms with van der Waals surface area (Å²) < 4.78 is 0. The summed E-state index contributed by atoms with van der Waals surface area (Å²) in [4.78, 5) is 41.4. The van der Waals surface area contributed by atoms with E-state index in [0.29, 0.717) is 5.41 Å². The van der Waals surface area contributed by atoms with Crippen LogP contribution in [0.3, 0.4) is 0 Å². The molecule has 5 saturated carbocycles. The van der Waals surface area contributed by atoms with E-state index in [9.17, 15) is 14.4 Å². The molecule has 6 fully saturated rings. The third-order valence-corrected chi connectivity index (χ3v) is 8.65. The molecule has 3 amide bonds. The summed E-state index contributed by atoms with van der Waals surface area (Å²) in [5, 5.41) is 0. The second kappa shape index (κ2) is 6.84. The lowest BCUT2D eigenvalue weighted by molar-refractivity contribution is -0.141. The molecule has 0 aromatic rings. The van der Waals surface area contributed by atoms with Crippen molar-refractivity contribution in [1.82, 2.24) is 9.80 Å². The standard InChI is InChI=1S/C23H34N2O3/c1-24(14-23-11-15-8-16(12-23)10-17(9-15)13-23)20(26)6-7-25-21(27)18-4-2-3-5-19(18)22(25)28/h15-19H,2-14H2,1H3/t15?,16?,17?,18-,19+,23?. The first-order chi connectivity index (χ1) is 13.4. The number of carbonyl (C=O) groups excluding carboxylic acids is 3. The summed E-state index contributed by atoms with van der Waals surface area (Å²) in [7, 11) is 1.92. The Bertz CT molecular complexity index is 628. The van der Waals surface area contributed by atoms with Crippen molar-refractivity contribution in [2.45, 2.75) is 70.6 Å². The van der Waals surface area contributed by atoms with Crippen molar-refractivity contribution in [2.24, 2.45) is 35.0 Å². The zero-order valence-electron chi connectivity index (χ0n) is 17.2. The Balaban J connectivity index is 1.17. The van der Waals surface area contributed by atoms with Gasteiger partial charge in [0.2, 0.25) is 17.7 Å². The van der Waals surface area contributed by atoms with E-state index in [2.05, 4.69) is 0 Å². The Morgan fingerprint density at radius 1 is 0.964 bits per heavy atom. The van der Waals surface area contributed by atoms with Gasteiger partial charge in [0.1, 0.15) is 0 Å². The number of carbonyl (C=O) groups is 3. The number of likely N-dealkylation sites (tertiary alicyclic amines) is 1. The molecule has 1 aliphatic heterocycles. The quantitative estimate of drug-likeness (QED) is 0.682. The first-order valence-electron chi connectivity index (χ1n) is 11.5. The lowest BCUT2D eigenvalue weighted by atomic mass is 9.49. The van der Waals surface area contributed by atoms with Gasteiger partial charge in [-0.15, -0.1) is 0 Å². The molecule has 1 heterocycles. The smallest absolute Gasteiger partial charge is 0.233 e. The monoisotopic (exact) mass is 386 g/mol. The number of amides is 3. The largest absolute Gasteiger partial charge is 0.345 e. The second-order valence-electron chi connectivity index (χ2n) is 10.7. The van der Waals surface area contributed by atoms with Gasteiger partial charge < -0.3 is 4.90 Å². The summed E-state index contributed by atoms with van der Waals surface area (Å²) in [5.74, 6) is 2.49. The maximum absolute atomic E-state index is 12.8. The summed E-state index contributed by atoms with van der Waals surface area (Å²) in [6.07, 6.45) is 12.2. The topological polar surface area (TPSA) is 57.7 Å². The van der Waals surface area contributed by atoms with Gasteiger partial charge in [-0.1, -0.05) is 12.8 Å². The van der Waals surface area contributed by atoms with E-state index in [-0.39, 0.29) is 42.5 Å². The molecule has 5 heteroatoms. The van der Waals surface area contributed by atoms with Crippen molar-refractivity contribution in [3.8, 4) is 0 Å². The molecule has 5 aliphatic carbocycles. The molecule has 28 heavy (non-hydrogen) atoms. The normalized spacial score (nSPS) is 41.5. The van der Waals surface area contributed by atoms with Crippen LogP contribution in [0.5, 0.6) is 0 Å². The van der Waals surface area contributed by atoms with Gasteiger partial charge in [0.15, 0.2) is 0 Å². The Morgan fingerprint density at radius 2 is 1.46 bits per heavy atom. The molecule has 4 bridgehead atoms. The number of fused-ring (bicyclic) bond motifs is 1. The SMILES string of the molecule is CN(CC12CC3CC(CC(C3)C1)C2)C(=O)CCN1C(=O)[C@H]2CCCC[C@H]2C1=O. The zero-order chi connectivity index (χ0) is 19.5. The van der Waals surface area contributed by atoms with E-state index in [1.807, 2.05) is 11.9 Å². The molecular formula is C23H34N2O3. The molecule has 0 aromatic carbocycles. The molecule has 1 saturated heterocycles. The molecule has 0 spiro atoms. The van der Waals surface area contributed by atoms with Crippen molar-refractivity contribution in [3.05, 3.63) is 0 Å². The number of nitrogens with zero attached hydrogens (tertiary/aromatic N) is 2. The molecule has 6 aliphatic rings. The van der Waals surface area contributed by atoms with E-state index in [4.69, 9.17) is 0 Å². The van der Waals surface area contributed by atoms with E-state index in [1.165, 1.54) is 43.4 Å². The number of rotatable bonds is 5. The van der Waals surface area contributed by atoms with Crippen LogP contribution >= 0.6 is 0 Å². The number of hydrogen-bond donors (Lipinski definition) is 0. The summed E-state index contributed by atoms with van der Waals surface area (Å²) in [6, 6.07) is 0. The molecule has 154 valence electrons. The fraction of sp³-hybridized carbons (Fsp3) is 0.870.